The van der Waals surface area contributed by atoms with Crippen molar-refractivity contribution >= 4 is 16.0 Å². The molecule has 1 rings (SSSR count). The third kappa shape index (κ3) is 4.16. The van der Waals surface area contributed by atoms with Crippen molar-refractivity contribution in [1.29, 1.82) is 0 Å². The van der Waals surface area contributed by atoms with Gasteiger partial charge in [-0.1, -0.05) is 0 Å². The van der Waals surface area contributed by atoms with Crippen molar-refractivity contribution in [3.05, 3.63) is 29.6 Å². The predicted octanol–water partition coefficient (Wildman–Crippen LogP) is 0.772. The minimum Gasteiger partial charge on any atom is -0.478 e. The highest BCUT2D eigenvalue weighted by Gasteiger charge is 2.30. The number of hydrogen-bond donors (Lipinski definition) is 2. The number of rotatable bonds is 7. The monoisotopic (exact) mass is 327 g/mol. The van der Waals surface area contributed by atoms with Gasteiger partial charge in [0.25, 0.3) is 6.43 Å². The Morgan fingerprint density at radius 2 is 1.95 bits per heavy atom. The Bertz CT molecular complexity index is 620. The smallest absolute Gasteiger partial charge is 0.335 e. The molecule has 0 radical (unpaired) electrons. The van der Waals surface area contributed by atoms with Gasteiger partial charge in [0, 0.05) is 6.54 Å². The summed E-state index contributed by atoms with van der Waals surface area (Å²) in [7, 11) is -4.69. The van der Waals surface area contributed by atoms with E-state index in [1.54, 1.807) is 0 Å². The first-order valence-electron chi connectivity index (χ1n) is 5.62. The van der Waals surface area contributed by atoms with E-state index in [0.717, 1.165) is 6.07 Å². The number of carboxylic acid groups (broad SMARTS) is 1. The zero-order valence-electron chi connectivity index (χ0n) is 10.5. The van der Waals surface area contributed by atoms with E-state index in [1.165, 1.54) is 0 Å². The van der Waals surface area contributed by atoms with Gasteiger partial charge in [-0.15, -0.1) is 0 Å². The molecule has 0 unspecified atom stereocenters. The zero-order chi connectivity index (χ0) is 16.2. The maximum atomic E-state index is 13.6. The van der Waals surface area contributed by atoms with E-state index in [9.17, 15) is 26.4 Å². The molecule has 0 atom stereocenters. The summed E-state index contributed by atoms with van der Waals surface area (Å²) >= 11 is 0. The summed E-state index contributed by atoms with van der Waals surface area (Å²) in [6.07, 6.45) is -3.03. The van der Waals surface area contributed by atoms with E-state index < -0.39 is 58.4 Å². The standard InChI is InChI=1S/C11H12F3NO5S/c12-8-2-1-7(11(17)18)5-9(8)21(19,20)15(3-4-16)6-10(13)14/h1-2,5,10,16H,3-4,6H2,(H,17,18). The molecular weight excluding hydrogens is 315 g/mol. The Kier molecular flexibility index (Phi) is 5.70. The third-order valence-corrected chi connectivity index (χ3v) is 4.37. The number of benzene rings is 1. The maximum absolute atomic E-state index is 13.6. The molecule has 0 saturated carbocycles. The van der Waals surface area contributed by atoms with Crippen LogP contribution in [-0.2, 0) is 10.0 Å². The summed E-state index contributed by atoms with van der Waals surface area (Å²) in [5.41, 5.74) is -0.504. The van der Waals surface area contributed by atoms with Crippen LogP contribution < -0.4 is 0 Å². The summed E-state index contributed by atoms with van der Waals surface area (Å²) in [5, 5.41) is 17.5. The van der Waals surface area contributed by atoms with Crippen molar-refractivity contribution in [3.63, 3.8) is 0 Å². The molecule has 21 heavy (non-hydrogen) atoms. The van der Waals surface area contributed by atoms with Crippen molar-refractivity contribution in [3.8, 4) is 0 Å². The quantitative estimate of drug-likeness (QED) is 0.771. The Balaban J connectivity index is 3.33. The fourth-order valence-electron chi connectivity index (χ4n) is 1.55. The van der Waals surface area contributed by atoms with Crippen LogP contribution >= 0.6 is 0 Å². The molecule has 0 fully saturated rings. The lowest BCUT2D eigenvalue weighted by Crippen LogP contribution is -2.37. The first kappa shape index (κ1) is 17.4. The highest BCUT2D eigenvalue weighted by Crippen LogP contribution is 2.21. The third-order valence-electron chi connectivity index (χ3n) is 2.49. The van der Waals surface area contributed by atoms with Crippen LogP contribution in [0.25, 0.3) is 0 Å². The number of carbonyl (C=O) groups is 1. The molecule has 0 saturated heterocycles. The average molecular weight is 327 g/mol. The van der Waals surface area contributed by atoms with Crippen LogP contribution in [0.5, 0.6) is 0 Å². The van der Waals surface area contributed by atoms with E-state index in [-0.39, 0.29) is 4.31 Å². The lowest BCUT2D eigenvalue weighted by molar-refractivity contribution is 0.0696. The lowest BCUT2D eigenvalue weighted by Gasteiger charge is -2.21. The van der Waals surface area contributed by atoms with Crippen molar-refractivity contribution in [1.82, 2.24) is 4.31 Å². The van der Waals surface area contributed by atoms with Gasteiger partial charge < -0.3 is 10.2 Å². The van der Waals surface area contributed by atoms with Crippen molar-refractivity contribution in [2.75, 3.05) is 19.7 Å². The summed E-state index contributed by atoms with van der Waals surface area (Å²) in [6.45, 7) is -2.64. The molecule has 6 nitrogen and oxygen atoms in total. The minimum absolute atomic E-state index is 0.196. The topological polar surface area (TPSA) is 94.9 Å². The van der Waals surface area contributed by atoms with Gasteiger partial charge in [0.05, 0.1) is 18.7 Å². The molecule has 2 N–H and O–H groups in total. The largest absolute Gasteiger partial charge is 0.478 e. The number of aromatic carboxylic acids is 1. The van der Waals surface area contributed by atoms with Crippen LogP contribution in [0.15, 0.2) is 23.1 Å². The van der Waals surface area contributed by atoms with Gasteiger partial charge in [-0.05, 0) is 18.2 Å². The SMILES string of the molecule is O=C(O)c1ccc(F)c(S(=O)(=O)N(CCO)CC(F)F)c1. The van der Waals surface area contributed by atoms with Crippen LogP contribution in [0.4, 0.5) is 13.2 Å². The molecule has 0 bridgehead atoms. The van der Waals surface area contributed by atoms with Gasteiger partial charge in [0.15, 0.2) is 0 Å². The second-order valence-corrected chi connectivity index (χ2v) is 5.83. The number of hydrogen-bond acceptors (Lipinski definition) is 4. The number of nitrogens with zero attached hydrogens (tertiary/aromatic N) is 1. The average Bonchev–Trinajstić information content (AvgIpc) is 2.37. The van der Waals surface area contributed by atoms with Crippen molar-refractivity contribution < 1.29 is 36.6 Å². The van der Waals surface area contributed by atoms with Crippen LogP contribution in [-0.4, -0.2) is 55.0 Å². The van der Waals surface area contributed by atoms with Gasteiger partial charge in [0.1, 0.15) is 10.7 Å². The molecular formula is C11H12F3NO5S. The van der Waals surface area contributed by atoms with Gasteiger partial charge in [-0.3, -0.25) is 0 Å². The van der Waals surface area contributed by atoms with Gasteiger partial charge in [-0.2, -0.15) is 4.31 Å². The molecule has 0 heterocycles. The van der Waals surface area contributed by atoms with Crippen LogP contribution in [0.1, 0.15) is 10.4 Å². The maximum Gasteiger partial charge on any atom is 0.335 e. The van der Waals surface area contributed by atoms with Crippen molar-refractivity contribution in [2.45, 2.75) is 11.3 Å². The molecule has 1 aromatic rings. The number of sulfonamides is 1. The molecule has 0 aliphatic carbocycles. The minimum atomic E-state index is -4.69. The lowest BCUT2D eigenvalue weighted by atomic mass is 10.2. The molecule has 0 aromatic heterocycles. The Morgan fingerprint density at radius 1 is 1.33 bits per heavy atom. The first-order chi connectivity index (χ1) is 9.70. The summed E-state index contributed by atoms with van der Waals surface area (Å²) in [4.78, 5) is 9.74. The van der Waals surface area contributed by atoms with E-state index in [1.807, 2.05) is 0 Å². The molecule has 1 aromatic carbocycles. The Morgan fingerprint density at radius 3 is 2.43 bits per heavy atom. The van der Waals surface area contributed by atoms with Gasteiger partial charge in [0.2, 0.25) is 10.0 Å². The van der Waals surface area contributed by atoms with Crippen molar-refractivity contribution in [2.24, 2.45) is 0 Å². The summed E-state index contributed by atoms with van der Waals surface area (Å²) < 4.78 is 62.8. The summed E-state index contributed by atoms with van der Waals surface area (Å²) in [6, 6.07) is 2.01. The number of carboxylic acids is 1. The molecule has 0 aliphatic rings. The number of alkyl halides is 2. The van der Waals surface area contributed by atoms with Gasteiger partial charge >= 0.3 is 5.97 Å². The molecule has 118 valence electrons. The molecule has 0 aliphatic heterocycles. The van der Waals surface area contributed by atoms with Crippen LogP contribution in [0.3, 0.4) is 0 Å². The van der Waals surface area contributed by atoms with E-state index in [0.29, 0.717) is 12.1 Å². The highest BCUT2D eigenvalue weighted by molar-refractivity contribution is 7.89. The molecule has 0 amide bonds. The zero-order valence-corrected chi connectivity index (χ0v) is 11.4. The molecule has 10 heteroatoms. The predicted molar refractivity (Wildman–Crippen MR) is 65.2 cm³/mol. The molecule has 0 spiro atoms. The van der Waals surface area contributed by atoms with Crippen LogP contribution in [0.2, 0.25) is 0 Å². The Labute approximate surface area is 118 Å². The normalized spacial score (nSPS) is 12.1. The second kappa shape index (κ2) is 6.87. The fourth-order valence-corrected chi connectivity index (χ4v) is 3.05. The number of halogens is 3. The second-order valence-electron chi connectivity index (χ2n) is 3.93. The first-order valence-corrected chi connectivity index (χ1v) is 7.06. The fraction of sp³-hybridized carbons (Fsp3) is 0.364. The van der Waals surface area contributed by atoms with E-state index in [2.05, 4.69) is 0 Å². The Hall–Kier alpha value is -1.65. The van der Waals surface area contributed by atoms with E-state index in [4.69, 9.17) is 10.2 Å². The van der Waals surface area contributed by atoms with Gasteiger partial charge in [-0.25, -0.2) is 26.4 Å². The summed E-state index contributed by atoms with van der Waals surface area (Å²) in [5.74, 6) is -2.76. The number of aliphatic hydroxyl groups excluding tert-OH is 1. The van der Waals surface area contributed by atoms with Crippen LogP contribution in [0, 0.1) is 5.82 Å². The highest BCUT2D eigenvalue weighted by atomic mass is 32.2. The van der Waals surface area contributed by atoms with E-state index >= 15 is 0 Å². The number of aliphatic hydroxyl groups is 1.